The summed E-state index contributed by atoms with van der Waals surface area (Å²) in [5.74, 6) is 1.14. The first-order valence-electron chi connectivity index (χ1n) is 6.76. The quantitative estimate of drug-likeness (QED) is 0.832. The van der Waals surface area contributed by atoms with Crippen LogP contribution in [0, 0.1) is 5.92 Å². The summed E-state index contributed by atoms with van der Waals surface area (Å²) < 4.78 is 1.57. The third-order valence-electron chi connectivity index (χ3n) is 3.49. The Balaban J connectivity index is 1.98. The lowest BCUT2D eigenvalue weighted by molar-refractivity contribution is -0.134. The molecule has 106 valence electrons. The Kier molecular flexibility index (Phi) is 4.47. The number of hydrogen-bond acceptors (Lipinski definition) is 5. The summed E-state index contributed by atoms with van der Waals surface area (Å²) in [5.41, 5.74) is 0. The first-order chi connectivity index (χ1) is 9.11. The smallest absolute Gasteiger partial charge is 0.244 e. The van der Waals surface area contributed by atoms with E-state index in [1.54, 1.807) is 9.58 Å². The van der Waals surface area contributed by atoms with Gasteiger partial charge in [-0.1, -0.05) is 13.8 Å². The van der Waals surface area contributed by atoms with Gasteiger partial charge in [0.2, 0.25) is 5.91 Å². The summed E-state index contributed by atoms with van der Waals surface area (Å²) >= 11 is 0. The summed E-state index contributed by atoms with van der Waals surface area (Å²) in [6.07, 6.45) is 1.94. The molecule has 1 aromatic rings. The zero-order valence-electron chi connectivity index (χ0n) is 11.5. The number of piperidine rings is 1. The van der Waals surface area contributed by atoms with Crippen LogP contribution in [0.25, 0.3) is 0 Å². The van der Waals surface area contributed by atoms with Crippen LogP contribution in [-0.2, 0) is 11.3 Å². The molecule has 19 heavy (non-hydrogen) atoms. The molecule has 1 atom stereocenters. The van der Waals surface area contributed by atoms with E-state index >= 15 is 0 Å². The fraction of sp³-hybridized carbons (Fsp3) is 0.833. The number of tetrazole rings is 1. The molecule has 2 heterocycles. The van der Waals surface area contributed by atoms with Crippen LogP contribution < -0.4 is 0 Å². The van der Waals surface area contributed by atoms with Gasteiger partial charge in [-0.25, -0.2) is 4.68 Å². The van der Waals surface area contributed by atoms with Gasteiger partial charge in [0.05, 0.1) is 0 Å². The Bertz CT molecular complexity index is 432. The lowest BCUT2D eigenvalue weighted by Crippen LogP contribution is -2.42. The van der Waals surface area contributed by atoms with Crippen molar-refractivity contribution in [1.29, 1.82) is 0 Å². The van der Waals surface area contributed by atoms with Crippen LogP contribution in [0.5, 0.6) is 0 Å². The van der Waals surface area contributed by atoms with Gasteiger partial charge in [0.25, 0.3) is 0 Å². The minimum atomic E-state index is 0.0207. The SMILES string of the molecule is CC(C)c1nnnn1CC(=O)N1CCCC(CO)C1. The van der Waals surface area contributed by atoms with Crippen molar-refractivity contribution in [3.63, 3.8) is 0 Å². The topological polar surface area (TPSA) is 84.1 Å². The zero-order valence-corrected chi connectivity index (χ0v) is 11.5. The maximum absolute atomic E-state index is 12.2. The molecule has 1 amide bonds. The number of rotatable bonds is 4. The fourth-order valence-electron chi connectivity index (χ4n) is 2.41. The molecular formula is C12H21N5O2. The molecule has 1 aliphatic heterocycles. The van der Waals surface area contributed by atoms with Gasteiger partial charge in [-0.15, -0.1) is 5.10 Å². The largest absolute Gasteiger partial charge is 0.396 e. The average molecular weight is 267 g/mol. The molecule has 2 rings (SSSR count). The number of carbonyl (C=O) groups excluding carboxylic acids is 1. The van der Waals surface area contributed by atoms with E-state index < -0.39 is 0 Å². The van der Waals surface area contributed by atoms with Crippen molar-refractivity contribution in [2.75, 3.05) is 19.7 Å². The molecule has 0 aliphatic carbocycles. The number of aromatic nitrogens is 4. The molecule has 7 heteroatoms. The Morgan fingerprint density at radius 2 is 2.32 bits per heavy atom. The maximum Gasteiger partial charge on any atom is 0.244 e. The number of aliphatic hydroxyl groups is 1. The number of hydrogen-bond donors (Lipinski definition) is 1. The van der Waals surface area contributed by atoms with Crippen LogP contribution in [0.1, 0.15) is 38.4 Å². The lowest BCUT2D eigenvalue weighted by atomic mass is 9.99. The van der Waals surface area contributed by atoms with E-state index in [2.05, 4.69) is 15.5 Å². The molecule has 1 fully saturated rings. The number of aliphatic hydroxyl groups excluding tert-OH is 1. The highest BCUT2D eigenvalue weighted by molar-refractivity contribution is 5.76. The van der Waals surface area contributed by atoms with Crippen molar-refractivity contribution in [3.8, 4) is 0 Å². The summed E-state index contributed by atoms with van der Waals surface area (Å²) in [6.45, 7) is 5.71. The summed E-state index contributed by atoms with van der Waals surface area (Å²) in [5, 5.41) is 20.6. The predicted molar refractivity (Wildman–Crippen MR) is 68.3 cm³/mol. The van der Waals surface area contributed by atoms with E-state index in [1.807, 2.05) is 13.8 Å². The molecule has 0 spiro atoms. The van der Waals surface area contributed by atoms with Crippen LogP contribution >= 0.6 is 0 Å². The van der Waals surface area contributed by atoms with E-state index in [4.69, 9.17) is 0 Å². The van der Waals surface area contributed by atoms with Crippen molar-refractivity contribution in [1.82, 2.24) is 25.1 Å². The molecule has 1 aromatic heterocycles. The van der Waals surface area contributed by atoms with E-state index in [9.17, 15) is 9.90 Å². The van der Waals surface area contributed by atoms with E-state index in [0.717, 1.165) is 25.2 Å². The normalized spacial score (nSPS) is 20.0. The highest BCUT2D eigenvalue weighted by atomic mass is 16.3. The lowest BCUT2D eigenvalue weighted by Gasteiger charge is -2.31. The average Bonchev–Trinajstić information content (AvgIpc) is 2.87. The van der Waals surface area contributed by atoms with Gasteiger partial charge in [0, 0.05) is 25.6 Å². The molecule has 0 aromatic carbocycles. The number of amides is 1. The Morgan fingerprint density at radius 3 is 3.00 bits per heavy atom. The van der Waals surface area contributed by atoms with E-state index in [1.165, 1.54) is 0 Å². The van der Waals surface area contributed by atoms with Gasteiger partial charge in [0.15, 0.2) is 5.82 Å². The standard InChI is InChI=1S/C12H21N5O2/c1-9(2)12-13-14-15-17(12)7-11(19)16-5-3-4-10(6-16)8-18/h9-10,18H,3-8H2,1-2H3. The molecule has 0 radical (unpaired) electrons. The van der Waals surface area contributed by atoms with Crippen LogP contribution in [0.3, 0.4) is 0 Å². The van der Waals surface area contributed by atoms with Crippen LogP contribution in [0.4, 0.5) is 0 Å². The number of likely N-dealkylation sites (tertiary alicyclic amines) is 1. The van der Waals surface area contributed by atoms with Crippen molar-refractivity contribution in [2.24, 2.45) is 5.92 Å². The first-order valence-corrected chi connectivity index (χ1v) is 6.76. The maximum atomic E-state index is 12.2. The number of carbonyl (C=O) groups is 1. The molecule has 7 nitrogen and oxygen atoms in total. The van der Waals surface area contributed by atoms with E-state index in [0.29, 0.717) is 6.54 Å². The second-order valence-corrected chi connectivity index (χ2v) is 5.38. The number of nitrogens with zero attached hydrogens (tertiary/aromatic N) is 5. The molecule has 1 saturated heterocycles. The van der Waals surface area contributed by atoms with Crippen molar-refractivity contribution < 1.29 is 9.90 Å². The Morgan fingerprint density at radius 1 is 1.53 bits per heavy atom. The van der Waals surface area contributed by atoms with Crippen molar-refractivity contribution in [2.45, 2.75) is 39.2 Å². The molecule has 0 bridgehead atoms. The predicted octanol–water partition coefficient (Wildman–Crippen LogP) is 0.0274. The Hall–Kier alpha value is -1.50. The van der Waals surface area contributed by atoms with E-state index in [-0.39, 0.29) is 30.9 Å². The minimum Gasteiger partial charge on any atom is -0.396 e. The van der Waals surface area contributed by atoms with Gasteiger partial charge in [-0.3, -0.25) is 4.79 Å². The van der Waals surface area contributed by atoms with Crippen molar-refractivity contribution >= 4 is 5.91 Å². The molecule has 0 saturated carbocycles. The molecule has 1 N–H and O–H groups in total. The Labute approximate surface area is 112 Å². The monoisotopic (exact) mass is 267 g/mol. The molecule has 1 aliphatic rings. The van der Waals surface area contributed by atoms with Crippen LogP contribution in [-0.4, -0.2) is 55.8 Å². The van der Waals surface area contributed by atoms with Gasteiger partial charge >= 0.3 is 0 Å². The summed E-state index contributed by atoms with van der Waals surface area (Å²) in [4.78, 5) is 14.0. The third kappa shape index (κ3) is 3.28. The minimum absolute atomic E-state index is 0.0207. The molecule has 1 unspecified atom stereocenters. The van der Waals surface area contributed by atoms with Crippen molar-refractivity contribution in [3.05, 3.63) is 5.82 Å². The van der Waals surface area contributed by atoms with Gasteiger partial charge < -0.3 is 10.0 Å². The van der Waals surface area contributed by atoms with Gasteiger partial charge in [-0.05, 0) is 29.2 Å². The summed E-state index contributed by atoms with van der Waals surface area (Å²) in [7, 11) is 0. The van der Waals surface area contributed by atoms with Gasteiger partial charge in [-0.2, -0.15) is 0 Å². The third-order valence-corrected chi connectivity index (χ3v) is 3.49. The first kappa shape index (κ1) is 13.9. The second kappa shape index (κ2) is 6.10. The van der Waals surface area contributed by atoms with Crippen LogP contribution in [0.2, 0.25) is 0 Å². The second-order valence-electron chi connectivity index (χ2n) is 5.38. The molecular weight excluding hydrogens is 246 g/mol. The highest BCUT2D eigenvalue weighted by Crippen LogP contribution is 2.16. The highest BCUT2D eigenvalue weighted by Gasteiger charge is 2.24. The summed E-state index contributed by atoms with van der Waals surface area (Å²) in [6, 6.07) is 0. The van der Waals surface area contributed by atoms with Crippen LogP contribution in [0.15, 0.2) is 0 Å². The van der Waals surface area contributed by atoms with Gasteiger partial charge in [0.1, 0.15) is 6.54 Å². The fourth-order valence-corrected chi connectivity index (χ4v) is 2.41. The zero-order chi connectivity index (χ0) is 13.8.